The van der Waals surface area contributed by atoms with Crippen LogP contribution < -0.4 is 15.6 Å². The van der Waals surface area contributed by atoms with Gasteiger partial charge in [0.2, 0.25) is 5.91 Å². The number of hydrogen-bond donors (Lipinski definition) is 1. The summed E-state index contributed by atoms with van der Waals surface area (Å²) >= 11 is 0. The van der Waals surface area contributed by atoms with Crippen LogP contribution in [0, 0.1) is 32.0 Å². The zero-order valence-corrected chi connectivity index (χ0v) is 44.4. The molecule has 2 amide bonds. The van der Waals surface area contributed by atoms with Crippen molar-refractivity contribution in [3.8, 4) is 12.3 Å². The molecular formula is C59H74FN7O9. The first-order valence-corrected chi connectivity index (χ1v) is 26.8. The maximum atomic E-state index is 16.5. The Hall–Kier alpha value is -6.26. The Labute approximate surface area is 446 Å². The van der Waals surface area contributed by atoms with Crippen LogP contribution in [0.2, 0.25) is 0 Å². The molecule has 3 atom stereocenters. The van der Waals surface area contributed by atoms with Crippen LogP contribution in [0.3, 0.4) is 0 Å². The minimum Gasteiger partial charge on any atom is -0.445 e. The standard InChI is InChI=1S/C59H74FN7O9/c1-5-22-71-24-26-73-28-30-75-31-29-74-27-25-72-23-19-57(68)63-48-12-9-44(10-13-48)41-76-59(70)64(4)50-15-11-46(33-50)53-35-56-54(34-55(53)60)58(69)47(39-67(56)49-16-17-49)38-66(37-45-18-20-61-43(3)32-45)52-7-6-21-65(40-52)51-14-8-42(2)62-36-51/h1,8-10,12-14,18,20,32,34-36,39,46,49-50,52H,6-7,11,15-17,19,21-31,33,37-38,40-41H2,2-4H3,(H,63,68)/t46?,50-,52+/m1/s1. The van der Waals surface area contributed by atoms with Crippen LogP contribution in [0.5, 0.6) is 0 Å². The molecule has 17 heteroatoms. The summed E-state index contributed by atoms with van der Waals surface area (Å²) < 4.78 is 51.4. The third kappa shape index (κ3) is 16.1. The lowest BCUT2D eigenvalue weighted by atomic mass is 9.94. The minimum absolute atomic E-state index is 0.0550. The zero-order valence-electron chi connectivity index (χ0n) is 44.4. The molecule has 2 aliphatic carbocycles. The van der Waals surface area contributed by atoms with Gasteiger partial charge in [-0.2, -0.15) is 0 Å². The van der Waals surface area contributed by atoms with Gasteiger partial charge in [0.25, 0.3) is 0 Å². The van der Waals surface area contributed by atoms with E-state index in [4.69, 9.17) is 34.8 Å². The molecule has 8 rings (SSSR count). The van der Waals surface area contributed by atoms with E-state index in [9.17, 15) is 14.4 Å². The number of fused-ring (bicyclic) bond motifs is 1. The smallest absolute Gasteiger partial charge is 0.410 e. The monoisotopic (exact) mass is 1040 g/mol. The summed E-state index contributed by atoms with van der Waals surface area (Å²) in [5.74, 6) is 1.70. The van der Waals surface area contributed by atoms with E-state index < -0.39 is 6.09 Å². The second-order valence-corrected chi connectivity index (χ2v) is 20.2. The van der Waals surface area contributed by atoms with E-state index in [0.717, 1.165) is 72.5 Å². The Morgan fingerprint density at radius 3 is 2.21 bits per heavy atom. The molecule has 3 fully saturated rings. The summed E-state index contributed by atoms with van der Waals surface area (Å²) in [5.41, 5.74) is 7.44. The molecule has 16 nitrogen and oxygen atoms in total. The number of carbonyl (C=O) groups is 2. The predicted octanol–water partition coefficient (Wildman–Crippen LogP) is 8.50. The van der Waals surface area contributed by atoms with Crippen molar-refractivity contribution in [2.75, 3.05) is 96.4 Å². The Morgan fingerprint density at radius 2 is 1.53 bits per heavy atom. The molecule has 1 aliphatic heterocycles. The van der Waals surface area contributed by atoms with E-state index in [1.165, 1.54) is 6.07 Å². The van der Waals surface area contributed by atoms with Gasteiger partial charge in [-0.25, -0.2) is 9.18 Å². The highest BCUT2D eigenvalue weighted by molar-refractivity contribution is 5.90. The van der Waals surface area contributed by atoms with E-state index in [2.05, 4.69) is 53.8 Å². The van der Waals surface area contributed by atoms with Gasteiger partial charge in [0.15, 0.2) is 5.43 Å². The van der Waals surface area contributed by atoms with Crippen molar-refractivity contribution < 1.29 is 42.4 Å². The fraction of sp³-hybridized carbons (Fsp3) is 0.508. The summed E-state index contributed by atoms with van der Waals surface area (Å²) in [6.07, 6.45) is 16.7. The molecule has 1 N–H and O–H groups in total. The summed E-state index contributed by atoms with van der Waals surface area (Å²) in [6.45, 7) is 10.9. The average Bonchev–Trinajstić information content (AvgIpc) is 4.21. The number of carbonyl (C=O) groups excluding carboxylic acids is 2. The number of ether oxygens (including phenoxy) is 6. The molecule has 3 aromatic heterocycles. The quantitative estimate of drug-likeness (QED) is 0.0376. The zero-order chi connectivity index (χ0) is 53.2. The van der Waals surface area contributed by atoms with E-state index in [-0.39, 0.29) is 67.4 Å². The summed E-state index contributed by atoms with van der Waals surface area (Å²) in [4.78, 5) is 55.9. The molecule has 0 bridgehead atoms. The van der Waals surface area contributed by atoms with Crippen molar-refractivity contribution in [1.29, 1.82) is 0 Å². The lowest BCUT2D eigenvalue weighted by molar-refractivity contribution is -0.117. The van der Waals surface area contributed by atoms with Crippen LogP contribution >= 0.6 is 0 Å². The summed E-state index contributed by atoms with van der Waals surface area (Å²) in [5, 5.41) is 3.28. The lowest BCUT2D eigenvalue weighted by Gasteiger charge is -2.40. The Bertz CT molecular complexity index is 2780. The molecule has 76 heavy (non-hydrogen) atoms. The molecule has 0 radical (unpaired) electrons. The number of aryl methyl sites for hydroxylation is 2. The maximum Gasteiger partial charge on any atom is 0.410 e. The minimum atomic E-state index is -0.461. The fourth-order valence-electron chi connectivity index (χ4n) is 10.2. The molecule has 1 unspecified atom stereocenters. The molecule has 4 heterocycles. The number of halogens is 1. The number of piperidine rings is 1. The van der Waals surface area contributed by atoms with Crippen molar-refractivity contribution in [1.82, 2.24) is 24.3 Å². The van der Waals surface area contributed by atoms with Crippen LogP contribution in [-0.2, 0) is 52.9 Å². The van der Waals surface area contributed by atoms with Crippen LogP contribution in [0.25, 0.3) is 10.9 Å². The number of anilines is 2. The van der Waals surface area contributed by atoms with Gasteiger partial charge in [-0.05, 0) is 130 Å². The number of hydrogen-bond acceptors (Lipinski definition) is 13. The predicted molar refractivity (Wildman–Crippen MR) is 290 cm³/mol. The highest BCUT2D eigenvalue weighted by Crippen LogP contribution is 2.42. The van der Waals surface area contributed by atoms with Gasteiger partial charge in [0.05, 0.1) is 83.3 Å². The first kappa shape index (κ1) is 56.0. The highest BCUT2D eigenvalue weighted by Gasteiger charge is 2.35. The van der Waals surface area contributed by atoms with Crippen molar-refractivity contribution in [2.45, 2.75) is 109 Å². The molecule has 406 valence electrons. The van der Waals surface area contributed by atoms with E-state index in [1.54, 1.807) is 36.2 Å². The molecule has 5 aromatic rings. The Morgan fingerprint density at radius 1 is 0.803 bits per heavy atom. The van der Waals surface area contributed by atoms with Gasteiger partial charge in [0.1, 0.15) is 19.0 Å². The summed E-state index contributed by atoms with van der Waals surface area (Å²) in [6, 6.07) is 19.1. The summed E-state index contributed by atoms with van der Waals surface area (Å²) in [7, 11) is 1.73. The normalized spacial score (nSPS) is 17.5. The van der Waals surface area contributed by atoms with Crippen LogP contribution in [0.15, 0.2) is 84.0 Å². The van der Waals surface area contributed by atoms with Gasteiger partial charge in [0, 0.05) is 91.8 Å². The van der Waals surface area contributed by atoms with Gasteiger partial charge in [-0.1, -0.05) is 18.1 Å². The number of pyridine rings is 3. The molecule has 2 saturated carbocycles. The number of rotatable bonds is 28. The molecule has 3 aliphatic rings. The maximum absolute atomic E-state index is 16.5. The Kier molecular flexibility index (Phi) is 20.8. The van der Waals surface area contributed by atoms with Crippen molar-refractivity contribution in [3.05, 3.63) is 129 Å². The largest absolute Gasteiger partial charge is 0.445 e. The number of benzene rings is 2. The number of amides is 2. The van der Waals surface area contributed by atoms with Crippen LogP contribution in [0.4, 0.5) is 20.6 Å². The van der Waals surface area contributed by atoms with E-state index >= 15 is 4.39 Å². The lowest BCUT2D eigenvalue weighted by Crippen LogP contribution is -2.48. The highest BCUT2D eigenvalue weighted by atomic mass is 19.1. The molecule has 1 saturated heterocycles. The first-order valence-electron chi connectivity index (χ1n) is 26.8. The molecule has 2 aromatic carbocycles. The van der Waals surface area contributed by atoms with Gasteiger partial charge < -0.3 is 48.1 Å². The molecule has 0 spiro atoms. The van der Waals surface area contributed by atoms with Crippen molar-refractivity contribution in [3.63, 3.8) is 0 Å². The van der Waals surface area contributed by atoms with Crippen LogP contribution in [0.1, 0.15) is 97.0 Å². The third-order valence-electron chi connectivity index (χ3n) is 14.5. The second-order valence-electron chi connectivity index (χ2n) is 20.2. The number of terminal acetylenes is 1. The van der Waals surface area contributed by atoms with Gasteiger partial charge >= 0.3 is 6.09 Å². The van der Waals surface area contributed by atoms with E-state index in [0.29, 0.717) is 107 Å². The van der Waals surface area contributed by atoms with E-state index in [1.807, 2.05) is 44.6 Å². The number of nitrogens with one attached hydrogen (secondary N) is 1. The second kappa shape index (κ2) is 28.2. The van der Waals surface area contributed by atoms with Gasteiger partial charge in [-0.3, -0.25) is 24.5 Å². The molecular weight excluding hydrogens is 970 g/mol. The third-order valence-corrected chi connectivity index (χ3v) is 14.5. The first-order chi connectivity index (χ1) is 37.0. The number of aromatic nitrogens is 3. The van der Waals surface area contributed by atoms with Crippen molar-refractivity contribution >= 4 is 34.3 Å². The Balaban J connectivity index is 0.799. The van der Waals surface area contributed by atoms with Gasteiger partial charge in [-0.15, -0.1) is 6.42 Å². The average molecular weight is 1040 g/mol. The SMILES string of the molecule is C#CCOCCOCCOCCOCCOCCC(=O)Nc1ccc(COC(=O)N(C)[C@@H]2CCC(c3cc4c(cc3F)c(=O)c(CN(Cc3ccnc(C)c3)[C@H]3CCCN(c5ccc(C)nc5)C3)cn4C3CC3)C2)cc1. The van der Waals surface area contributed by atoms with Crippen LogP contribution in [-0.4, -0.2) is 135 Å². The van der Waals surface area contributed by atoms with Crippen molar-refractivity contribution in [2.24, 2.45) is 0 Å². The fourth-order valence-corrected chi connectivity index (χ4v) is 10.2. The number of nitrogens with zero attached hydrogens (tertiary/aromatic N) is 6. The topological polar surface area (TPSA) is 159 Å².